The molecule has 0 aromatic heterocycles. The van der Waals surface area contributed by atoms with Crippen LogP contribution in [0.25, 0.3) is 0 Å². The molecule has 764 valence electrons. The van der Waals surface area contributed by atoms with E-state index in [1.165, 1.54) is 0 Å². The Hall–Kier alpha value is -3.64. The monoisotopic (exact) mass is 1950 g/mol. The van der Waals surface area contributed by atoms with E-state index >= 15 is 0 Å². The van der Waals surface area contributed by atoms with Crippen molar-refractivity contribution in [1.29, 1.82) is 0 Å². The predicted molar refractivity (Wildman–Crippen MR) is 448 cm³/mol. The van der Waals surface area contributed by atoms with Gasteiger partial charge in [0, 0.05) is 43.4 Å². The van der Waals surface area contributed by atoms with Gasteiger partial charge in [-0.15, -0.1) is 0 Å². The first-order chi connectivity index (χ1) is 57.5. The quantitative estimate of drug-likeness (QED) is 0.0122. The van der Waals surface area contributed by atoms with E-state index in [0.29, 0.717) is 77.0 Å². The van der Waals surface area contributed by atoms with Crippen LogP contribution >= 0.6 is 0 Å². The molecule has 4 aliphatic rings. The van der Waals surface area contributed by atoms with Gasteiger partial charge >= 0.3 is 44.9 Å². The van der Waals surface area contributed by atoms with Crippen LogP contribution in [0.4, 0.5) is 52.7 Å². The molecule has 0 heterocycles. The first kappa shape index (κ1) is 132. The van der Waals surface area contributed by atoms with Gasteiger partial charge in [0.1, 0.15) is 0 Å². The predicted octanol–water partition coefficient (Wildman–Crippen LogP) is 15.7. The van der Waals surface area contributed by atoms with E-state index in [2.05, 4.69) is 9.47 Å². The van der Waals surface area contributed by atoms with Crippen molar-refractivity contribution < 1.29 is 184 Å². The van der Waals surface area contributed by atoms with E-state index in [9.17, 15) is 139 Å². The third kappa shape index (κ3) is 46.0. The second-order valence-electron chi connectivity index (χ2n) is 33.9. The van der Waals surface area contributed by atoms with Crippen molar-refractivity contribution in [3.8, 4) is 0 Å². The van der Waals surface area contributed by atoms with Crippen LogP contribution in [0.5, 0.6) is 0 Å². The third-order valence-electron chi connectivity index (χ3n) is 25.0. The van der Waals surface area contributed by atoms with Gasteiger partial charge in [-0.2, -0.15) is 35.1 Å². The summed E-state index contributed by atoms with van der Waals surface area (Å²) in [6.45, 7) is 36.7. The van der Waals surface area contributed by atoms with E-state index < -0.39 is 231 Å². The maximum atomic E-state index is 13.5. The van der Waals surface area contributed by atoms with Gasteiger partial charge in [-0.1, -0.05) is 143 Å². The molecule has 0 aromatic rings. The molecule has 8 unspecified atom stereocenters. The lowest BCUT2D eigenvalue weighted by atomic mass is 9.63. The van der Waals surface area contributed by atoms with E-state index in [1.807, 2.05) is 104 Å². The van der Waals surface area contributed by atoms with Gasteiger partial charge in [-0.25, -0.2) is 51.2 Å². The number of hydrogen-bond donors (Lipinski definition) is 8. The summed E-state index contributed by atoms with van der Waals surface area (Å²) >= 11 is 0. The summed E-state index contributed by atoms with van der Waals surface area (Å²) in [5.41, 5.74) is -5.58. The maximum absolute atomic E-state index is 13.5. The molecule has 4 rings (SSSR count). The molecule has 4 fully saturated rings. The zero-order chi connectivity index (χ0) is 101. The summed E-state index contributed by atoms with van der Waals surface area (Å²) in [6.07, 6.45) is 1.51. The van der Waals surface area contributed by atoms with Crippen LogP contribution in [-0.2, 0) is 78.6 Å². The first-order valence-corrected chi connectivity index (χ1v) is 49.5. The molecule has 0 radical (unpaired) electrons. The van der Waals surface area contributed by atoms with Crippen molar-refractivity contribution in [2.45, 2.75) is 435 Å². The van der Waals surface area contributed by atoms with Crippen molar-refractivity contribution in [1.82, 2.24) is 0 Å². The summed E-state index contributed by atoms with van der Waals surface area (Å²) < 4.78 is 298. The van der Waals surface area contributed by atoms with Crippen molar-refractivity contribution in [2.75, 3.05) is 26.4 Å². The highest BCUT2D eigenvalue weighted by molar-refractivity contribution is 7.87. The van der Waals surface area contributed by atoms with Gasteiger partial charge in [0.2, 0.25) is 0 Å². The van der Waals surface area contributed by atoms with Crippen molar-refractivity contribution in [3.05, 3.63) is 0 Å². The molecular formula is C83H152F12O28S4-4. The topological polar surface area (TPSA) is 496 Å². The molecule has 0 bridgehead atoms. The minimum absolute atomic E-state index is 0.304. The number of esters is 4. The van der Waals surface area contributed by atoms with Gasteiger partial charge in [-0.05, 0) is 176 Å². The Balaban J connectivity index is -0.000000464. The lowest BCUT2D eigenvalue weighted by Crippen LogP contribution is -2.49. The number of rotatable bonds is 43. The highest BCUT2D eigenvalue weighted by Gasteiger charge is 2.69. The van der Waals surface area contributed by atoms with Crippen LogP contribution in [0, 0.1) is 41.4 Å². The van der Waals surface area contributed by atoms with E-state index in [1.54, 1.807) is 41.5 Å². The van der Waals surface area contributed by atoms with Gasteiger partial charge in [0.15, 0.2) is 65.2 Å². The Labute approximate surface area is 747 Å². The Kier molecular flexibility index (Phi) is 60.1. The Morgan fingerprint density at radius 2 is 0.488 bits per heavy atom. The van der Waals surface area contributed by atoms with Crippen LogP contribution in [0.3, 0.4) is 0 Å². The van der Waals surface area contributed by atoms with Crippen molar-refractivity contribution >= 4 is 64.3 Å². The SMILES string of the molecule is CCC(C)(O)CC.CCC(C)(O)CC.CCC(C)(O)CC.CCC(C)(O)CC.CCC(C)(O)CC.CCC(O)(CC)C1C(C(=O)OCCC(F)C(F)(F)S(=O)(=O)[O-])C1C(O)(CC)CC.CCC(O)(CC)C1CCC1C(=O)OCCC(F)C(F)(F)S(=O)(=O)[O-].O=C(OCCC(F)C(F)(F)S(=O)(=O)[O-])C1CCCC1.O=C(OCCC(F)C(F)(F)S(=O)(=O)[O-])C1CCCCC1. The van der Waals surface area contributed by atoms with Gasteiger partial charge in [-0.3, -0.25) is 19.2 Å². The van der Waals surface area contributed by atoms with Crippen molar-refractivity contribution in [2.24, 2.45) is 41.4 Å². The zero-order valence-corrected chi connectivity index (χ0v) is 81.3. The van der Waals surface area contributed by atoms with Crippen LogP contribution in [0.2, 0.25) is 0 Å². The van der Waals surface area contributed by atoms with Gasteiger partial charge < -0.3 is 78.0 Å². The lowest BCUT2D eigenvalue weighted by molar-refractivity contribution is -0.167. The number of ether oxygens (including phenoxy) is 4. The van der Waals surface area contributed by atoms with E-state index in [4.69, 9.17) is 35.0 Å². The summed E-state index contributed by atoms with van der Waals surface area (Å²) in [4.78, 5) is 47.3. The highest BCUT2D eigenvalue weighted by Crippen LogP contribution is 2.61. The minimum atomic E-state index is -6.19. The summed E-state index contributed by atoms with van der Waals surface area (Å²) in [5, 5.41) is 57.5. The standard InChI is InChI=1S/C18H31F3O7S.C14H23F3O6S.C11H17F3O5S.C10H15F3O5S.5C6H14O/c1-5-16(23,6-2)13-12(14(13)17(24,7-3)8-4)15(22)28-10-9-11(19)18(20,21)29(25,26)27;1-3-13(19,4-2)10-6-5-9(10)12(18)23-8-7-11(15)14(16,17)24(20,21)22;12-9(11(13,14)20(16,17)18)6-7-19-10(15)8-4-2-1-3-5-8;11-8(10(12,13)19(15,16)17)5-6-18-9(14)7-3-1-2-4-7;5*1-4-6(3,7)5-2/h11-14,23-24H,5-10H2,1-4H3,(H,25,26,27);9-11,19H,3-8H2,1-2H3,(H,20,21,22);8-9H,1-7H2,(H,16,17,18);7-8H,1-6H2,(H,15,16,17);5*7H,4-5H2,1-3H3/p-4. The largest absolute Gasteiger partial charge is 0.743 e. The third-order valence-corrected chi connectivity index (χ3v) is 28.7. The fourth-order valence-electron chi connectivity index (χ4n) is 12.1. The average Bonchev–Trinajstić information content (AvgIpc) is 1.54. The van der Waals surface area contributed by atoms with Crippen LogP contribution in [0.15, 0.2) is 0 Å². The normalized spacial score (nSPS) is 19.3. The summed E-state index contributed by atoms with van der Waals surface area (Å²) in [7, 11) is -24.5. The Bertz CT molecular complexity index is 3410. The molecule has 0 saturated heterocycles. The molecule has 44 heteroatoms. The Morgan fingerprint density at radius 1 is 0.299 bits per heavy atom. The molecule has 4 saturated carbocycles. The molecular weight excluding hydrogens is 1800 g/mol. The zero-order valence-electron chi connectivity index (χ0n) is 78.0. The fourth-order valence-corrected chi connectivity index (χ4v) is 13.8. The van der Waals surface area contributed by atoms with E-state index in [0.717, 1.165) is 96.3 Å². The second kappa shape index (κ2) is 57.9. The van der Waals surface area contributed by atoms with Crippen LogP contribution in [-0.4, -0.2) is 234 Å². The second-order valence-corrected chi connectivity index (χ2v) is 39.7. The number of alkyl halides is 12. The number of halogens is 12. The van der Waals surface area contributed by atoms with E-state index in [-0.39, 0.29) is 17.8 Å². The Morgan fingerprint density at radius 3 is 0.654 bits per heavy atom. The minimum Gasteiger partial charge on any atom is -0.743 e. The molecule has 8 atom stereocenters. The van der Waals surface area contributed by atoms with Crippen LogP contribution in [0.1, 0.15) is 344 Å². The summed E-state index contributed by atoms with van der Waals surface area (Å²) in [5.74, 6) is -6.48. The lowest BCUT2D eigenvalue weighted by Gasteiger charge is -2.45. The molecule has 8 N–H and O–H groups in total. The maximum Gasteiger partial charge on any atom is 0.364 e. The first-order valence-electron chi connectivity index (χ1n) is 43.8. The number of aliphatic hydroxyl groups is 8. The van der Waals surface area contributed by atoms with Gasteiger partial charge in [0.05, 0.1) is 94.9 Å². The number of carbonyl (C=O) groups excluding carboxylic acids is 4. The highest BCUT2D eigenvalue weighted by atomic mass is 32.2. The average molecular weight is 1950 g/mol. The summed E-state index contributed by atoms with van der Waals surface area (Å²) in [6, 6.07) is 0. The molecule has 0 aliphatic heterocycles. The molecule has 127 heavy (non-hydrogen) atoms. The van der Waals surface area contributed by atoms with Gasteiger partial charge in [0.25, 0.3) is 0 Å². The smallest absolute Gasteiger partial charge is 0.364 e. The molecule has 0 aromatic carbocycles. The molecule has 0 amide bonds. The van der Waals surface area contributed by atoms with Crippen molar-refractivity contribution in [3.63, 3.8) is 0 Å². The molecule has 0 spiro atoms. The van der Waals surface area contributed by atoms with Crippen LogP contribution < -0.4 is 0 Å². The number of carbonyl (C=O) groups is 4. The molecule has 4 aliphatic carbocycles. The number of hydrogen-bond acceptors (Lipinski definition) is 28. The molecule has 28 nitrogen and oxygen atoms in total. The fraction of sp³-hybridized carbons (Fsp3) is 0.952.